The fourth-order valence-electron chi connectivity index (χ4n) is 2.53. The Kier molecular flexibility index (Phi) is 3.51. The number of fused-ring (bicyclic) bond motifs is 1. The van der Waals surface area contributed by atoms with E-state index in [9.17, 15) is 4.79 Å². The largest absolute Gasteiger partial charge is 0.454 e. The third kappa shape index (κ3) is 2.63. The van der Waals surface area contributed by atoms with Crippen molar-refractivity contribution in [2.24, 2.45) is 5.92 Å². The molecule has 3 rings (SSSR count). The van der Waals surface area contributed by atoms with Crippen molar-refractivity contribution >= 4 is 17.5 Å². The molecule has 0 aliphatic carbocycles. The molecule has 1 atom stereocenters. The van der Waals surface area contributed by atoms with Crippen molar-refractivity contribution in [2.45, 2.75) is 12.8 Å². The number of likely N-dealkylation sites (tertiary alicyclic amines) is 1. The first-order valence-corrected chi connectivity index (χ1v) is 7.02. The molecule has 4 nitrogen and oxygen atoms in total. The summed E-state index contributed by atoms with van der Waals surface area (Å²) in [5.41, 5.74) is 1.16. The second kappa shape index (κ2) is 5.29. The average molecular weight is 282 g/mol. The average Bonchev–Trinajstić information content (AvgIpc) is 3.02. The van der Waals surface area contributed by atoms with Crippen LogP contribution in [0.25, 0.3) is 0 Å². The van der Waals surface area contributed by atoms with E-state index in [2.05, 4.69) is 0 Å². The summed E-state index contributed by atoms with van der Waals surface area (Å²) in [5, 5.41) is 0. The van der Waals surface area contributed by atoms with E-state index in [1.165, 1.54) is 0 Å². The summed E-state index contributed by atoms with van der Waals surface area (Å²) < 4.78 is 10.6. The predicted molar refractivity (Wildman–Crippen MR) is 71.7 cm³/mol. The number of amides is 1. The van der Waals surface area contributed by atoms with Gasteiger partial charge in [-0.2, -0.15) is 0 Å². The van der Waals surface area contributed by atoms with Gasteiger partial charge in [-0.05, 0) is 30.0 Å². The van der Waals surface area contributed by atoms with E-state index in [1.807, 2.05) is 23.1 Å². The number of hydrogen-bond donors (Lipinski definition) is 0. The normalized spacial score (nSPS) is 21.2. The van der Waals surface area contributed by atoms with E-state index < -0.39 is 0 Å². The highest BCUT2D eigenvalue weighted by Crippen LogP contribution is 2.32. The molecule has 1 aromatic carbocycles. The molecule has 2 aliphatic heterocycles. The van der Waals surface area contributed by atoms with Gasteiger partial charge in [-0.1, -0.05) is 6.07 Å². The molecule has 19 heavy (non-hydrogen) atoms. The molecule has 0 spiro atoms. The molecular weight excluding hydrogens is 266 g/mol. The van der Waals surface area contributed by atoms with Gasteiger partial charge >= 0.3 is 0 Å². The number of hydrogen-bond acceptors (Lipinski definition) is 3. The smallest absolute Gasteiger partial charge is 0.231 e. The molecule has 0 N–H and O–H groups in total. The second-order valence-electron chi connectivity index (χ2n) is 5.00. The Morgan fingerprint density at radius 3 is 2.95 bits per heavy atom. The molecule has 2 aliphatic rings. The van der Waals surface area contributed by atoms with Gasteiger partial charge in [0, 0.05) is 25.4 Å². The van der Waals surface area contributed by atoms with Gasteiger partial charge in [0.15, 0.2) is 11.5 Å². The van der Waals surface area contributed by atoms with E-state index in [1.54, 1.807) is 0 Å². The molecule has 102 valence electrons. The first kappa shape index (κ1) is 12.6. The standard InChI is InChI=1S/C14H16ClNO3/c15-7-11-6-14(17)16(8-11)4-3-10-1-2-12-13(5-10)19-9-18-12/h1-2,5,11H,3-4,6-9H2. The minimum atomic E-state index is 0.214. The van der Waals surface area contributed by atoms with Crippen LogP contribution in [0.15, 0.2) is 18.2 Å². The van der Waals surface area contributed by atoms with E-state index in [4.69, 9.17) is 21.1 Å². The fraction of sp³-hybridized carbons (Fsp3) is 0.500. The number of rotatable bonds is 4. The molecule has 0 aromatic heterocycles. The lowest BCUT2D eigenvalue weighted by atomic mass is 10.1. The maximum absolute atomic E-state index is 11.8. The maximum Gasteiger partial charge on any atom is 0.231 e. The molecular formula is C14H16ClNO3. The van der Waals surface area contributed by atoms with Crippen LogP contribution in [0.5, 0.6) is 11.5 Å². The molecule has 2 heterocycles. The number of carbonyl (C=O) groups excluding carboxylic acids is 1. The van der Waals surface area contributed by atoms with Gasteiger partial charge in [0.25, 0.3) is 0 Å². The first-order chi connectivity index (χ1) is 9.26. The number of benzene rings is 1. The van der Waals surface area contributed by atoms with Crippen LogP contribution in [0.4, 0.5) is 0 Å². The molecule has 1 saturated heterocycles. The topological polar surface area (TPSA) is 38.8 Å². The monoisotopic (exact) mass is 281 g/mol. The van der Waals surface area contributed by atoms with Crippen LogP contribution >= 0.6 is 11.6 Å². The van der Waals surface area contributed by atoms with E-state index in [0.29, 0.717) is 25.0 Å². The third-order valence-electron chi connectivity index (χ3n) is 3.62. The quantitative estimate of drug-likeness (QED) is 0.793. The highest BCUT2D eigenvalue weighted by atomic mass is 35.5. The lowest BCUT2D eigenvalue weighted by molar-refractivity contribution is -0.127. The second-order valence-corrected chi connectivity index (χ2v) is 5.31. The van der Waals surface area contributed by atoms with Crippen LogP contribution in [0.3, 0.4) is 0 Å². The van der Waals surface area contributed by atoms with Gasteiger partial charge in [-0.25, -0.2) is 0 Å². The highest BCUT2D eigenvalue weighted by molar-refractivity contribution is 6.18. The SMILES string of the molecule is O=C1CC(CCl)CN1CCc1ccc2c(c1)OCO2. The van der Waals surface area contributed by atoms with E-state index >= 15 is 0 Å². The van der Waals surface area contributed by atoms with Gasteiger partial charge in [0.05, 0.1) is 0 Å². The van der Waals surface area contributed by atoms with Crippen molar-refractivity contribution < 1.29 is 14.3 Å². The Balaban J connectivity index is 1.59. The molecule has 1 aromatic rings. The molecule has 0 bridgehead atoms. The summed E-state index contributed by atoms with van der Waals surface area (Å²) in [6.45, 7) is 1.82. The Morgan fingerprint density at radius 1 is 1.32 bits per heavy atom. The summed E-state index contributed by atoms with van der Waals surface area (Å²) >= 11 is 5.81. The summed E-state index contributed by atoms with van der Waals surface area (Å²) in [7, 11) is 0. The Bertz CT molecular complexity index is 492. The third-order valence-corrected chi connectivity index (χ3v) is 4.06. The summed E-state index contributed by atoms with van der Waals surface area (Å²) in [6.07, 6.45) is 1.42. The lowest BCUT2D eigenvalue weighted by Gasteiger charge is -2.16. The van der Waals surface area contributed by atoms with E-state index in [-0.39, 0.29) is 5.91 Å². The van der Waals surface area contributed by atoms with Crippen molar-refractivity contribution in [1.29, 1.82) is 0 Å². The number of halogens is 1. The van der Waals surface area contributed by atoms with Crippen molar-refractivity contribution in [2.75, 3.05) is 25.8 Å². The fourth-order valence-corrected chi connectivity index (χ4v) is 2.74. The van der Waals surface area contributed by atoms with Gasteiger partial charge < -0.3 is 14.4 Å². The Hall–Kier alpha value is -1.42. The maximum atomic E-state index is 11.8. The number of alkyl halides is 1. The zero-order valence-corrected chi connectivity index (χ0v) is 11.4. The zero-order chi connectivity index (χ0) is 13.2. The minimum absolute atomic E-state index is 0.214. The van der Waals surface area contributed by atoms with E-state index in [0.717, 1.165) is 36.6 Å². The Morgan fingerprint density at radius 2 is 2.16 bits per heavy atom. The van der Waals surface area contributed by atoms with Crippen molar-refractivity contribution in [1.82, 2.24) is 4.90 Å². The molecule has 0 saturated carbocycles. The number of carbonyl (C=O) groups is 1. The molecule has 0 radical (unpaired) electrons. The van der Waals surface area contributed by atoms with Crippen LogP contribution in [0, 0.1) is 5.92 Å². The minimum Gasteiger partial charge on any atom is -0.454 e. The molecule has 1 amide bonds. The van der Waals surface area contributed by atoms with Gasteiger partial charge in [0.2, 0.25) is 12.7 Å². The molecule has 1 fully saturated rings. The lowest BCUT2D eigenvalue weighted by Crippen LogP contribution is -2.27. The van der Waals surface area contributed by atoms with Crippen LogP contribution in [0.1, 0.15) is 12.0 Å². The Labute approximate surface area is 117 Å². The van der Waals surface area contributed by atoms with Gasteiger partial charge in [-0.15, -0.1) is 11.6 Å². The zero-order valence-electron chi connectivity index (χ0n) is 10.6. The van der Waals surface area contributed by atoms with Gasteiger partial charge in [0.1, 0.15) is 0 Å². The van der Waals surface area contributed by atoms with Crippen LogP contribution in [-0.2, 0) is 11.2 Å². The molecule has 1 unspecified atom stereocenters. The van der Waals surface area contributed by atoms with Crippen LogP contribution in [0.2, 0.25) is 0 Å². The highest BCUT2D eigenvalue weighted by Gasteiger charge is 2.28. The summed E-state index contributed by atoms with van der Waals surface area (Å²) in [4.78, 5) is 13.7. The van der Waals surface area contributed by atoms with Crippen LogP contribution in [-0.4, -0.2) is 36.6 Å². The van der Waals surface area contributed by atoms with Gasteiger partial charge in [-0.3, -0.25) is 4.79 Å². The predicted octanol–water partition coefficient (Wildman–Crippen LogP) is 2.05. The number of nitrogens with zero attached hydrogens (tertiary/aromatic N) is 1. The summed E-state index contributed by atoms with van der Waals surface area (Å²) in [5.74, 6) is 2.68. The first-order valence-electron chi connectivity index (χ1n) is 6.48. The van der Waals surface area contributed by atoms with Crippen molar-refractivity contribution in [3.8, 4) is 11.5 Å². The molecule has 5 heteroatoms. The van der Waals surface area contributed by atoms with Crippen molar-refractivity contribution in [3.05, 3.63) is 23.8 Å². The van der Waals surface area contributed by atoms with Crippen molar-refractivity contribution in [3.63, 3.8) is 0 Å². The summed E-state index contributed by atoms with van der Waals surface area (Å²) in [6, 6.07) is 5.93. The number of ether oxygens (including phenoxy) is 2. The van der Waals surface area contributed by atoms with Crippen LogP contribution < -0.4 is 9.47 Å².